The van der Waals surface area contributed by atoms with Crippen molar-refractivity contribution in [2.75, 3.05) is 45.3 Å². The Morgan fingerprint density at radius 3 is 2.18 bits per heavy atom. The standard InChI is InChI=1S/C19H25N3O5S/c1-14-18(13-17(20(14)2)19(23)27-4)28(24,25)22-11-9-21(10-12-22)15-5-7-16(26-3)8-6-15/h5-8,13H,9-12H2,1-4H3. The van der Waals surface area contributed by atoms with Gasteiger partial charge in [0.25, 0.3) is 0 Å². The van der Waals surface area contributed by atoms with Crippen molar-refractivity contribution in [3.8, 4) is 5.75 Å². The van der Waals surface area contributed by atoms with Gasteiger partial charge in [0.1, 0.15) is 16.3 Å². The minimum absolute atomic E-state index is 0.147. The van der Waals surface area contributed by atoms with Crippen LogP contribution in [0.25, 0.3) is 0 Å². The smallest absolute Gasteiger partial charge is 0.354 e. The summed E-state index contributed by atoms with van der Waals surface area (Å²) in [7, 11) is 0.857. The van der Waals surface area contributed by atoms with E-state index < -0.39 is 16.0 Å². The summed E-state index contributed by atoms with van der Waals surface area (Å²) in [6, 6.07) is 9.10. The monoisotopic (exact) mass is 407 g/mol. The number of nitrogens with zero attached hydrogens (tertiary/aromatic N) is 3. The van der Waals surface area contributed by atoms with Crippen LogP contribution in [0.1, 0.15) is 16.2 Å². The van der Waals surface area contributed by atoms with Gasteiger partial charge in [0.2, 0.25) is 10.0 Å². The number of aromatic nitrogens is 1. The highest BCUT2D eigenvalue weighted by atomic mass is 32.2. The maximum absolute atomic E-state index is 13.1. The molecule has 1 aliphatic rings. The van der Waals surface area contributed by atoms with Gasteiger partial charge in [-0.1, -0.05) is 0 Å². The molecule has 0 aliphatic carbocycles. The summed E-state index contributed by atoms with van der Waals surface area (Å²) in [6.07, 6.45) is 0. The van der Waals surface area contributed by atoms with Gasteiger partial charge in [-0.25, -0.2) is 13.2 Å². The van der Waals surface area contributed by atoms with Crippen LogP contribution in [0.4, 0.5) is 5.69 Å². The molecule has 0 amide bonds. The molecular formula is C19H25N3O5S. The third-order valence-electron chi connectivity index (χ3n) is 5.18. The van der Waals surface area contributed by atoms with Crippen LogP contribution < -0.4 is 9.64 Å². The summed E-state index contributed by atoms with van der Waals surface area (Å²) < 4.78 is 39.2. The van der Waals surface area contributed by atoms with Gasteiger partial charge in [-0.3, -0.25) is 0 Å². The Morgan fingerprint density at radius 2 is 1.64 bits per heavy atom. The van der Waals surface area contributed by atoms with Crippen LogP contribution in [0.15, 0.2) is 35.2 Å². The Morgan fingerprint density at radius 1 is 1.04 bits per heavy atom. The minimum Gasteiger partial charge on any atom is -0.497 e. The Labute approximate surface area is 165 Å². The number of rotatable bonds is 5. The number of ether oxygens (including phenoxy) is 2. The summed E-state index contributed by atoms with van der Waals surface area (Å²) in [6.45, 7) is 3.60. The zero-order chi connectivity index (χ0) is 20.5. The Kier molecular flexibility index (Phi) is 5.66. The lowest BCUT2D eigenvalue weighted by molar-refractivity contribution is 0.0589. The number of sulfonamides is 1. The molecule has 8 nitrogen and oxygen atoms in total. The van der Waals surface area contributed by atoms with Crippen LogP contribution in [-0.2, 0) is 21.8 Å². The van der Waals surface area contributed by atoms with Gasteiger partial charge in [0.05, 0.1) is 14.2 Å². The summed E-state index contributed by atoms with van der Waals surface area (Å²) in [4.78, 5) is 14.2. The van der Waals surface area contributed by atoms with Gasteiger partial charge in [-0.2, -0.15) is 4.31 Å². The zero-order valence-electron chi connectivity index (χ0n) is 16.5. The topological polar surface area (TPSA) is 81.1 Å². The molecule has 2 heterocycles. The zero-order valence-corrected chi connectivity index (χ0v) is 17.3. The Hall–Kier alpha value is -2.52. The largest absolute Gasteiger partial charge is 0.497 e. The number of hydrogen-bond donors (Lipinski definition) is 0. The van der Waals surface area contributed by atoms with Crippen LogP contribution in [0.2, 0.25) is 0 Å². The van der Waals surface area contributed by atoms with Crippen LogP contribution in [0.5, 0.6) is 5.75 Å². The molecule has 1 aliphatic heterocycles. The van der Waals surface area contributed by atoms with E-state index in [2.05, 4.69) is 4.90 Å². The van der Waals surface area contributed by atoms with Crippen molar-refractivity contribution in [2.24, 2.45) is 7.05 Å². The van der Waals surface area contributed by atoms with E-state index in [1.807, 2.05) is 24.3 Å². The van der Waals surface area contributed by atoms with Crippen LogP contribution in [0, 0.1) is 6.92 Å². The highest BCUT2D eigenvalue weighted by molar-refractivity contribution is 7.89. The van der Waals surface area contributed by atoms with E-state index in [9.17, 15) is 13.2 Å². The SMILES string of the molecule is COC(=O)c1cc(S(=O)(=O)N2CCN(c3ccc(OC)cc3)CC2)c(C)n1C. The maximum atomic E-state index is 13.1. The molecule has 0 bridgehead atoms. The molecule has 0 spiro atoms. The third-order valence-corrected chi connectivity index (χ3v) is 7.19. The summed E-state index contributed by atoms with van der Waals surface area (Å²) in [5, 5.41) is 0. The lowest BCUT2D eigenvalue weighted by atomic mass is 10.2. The number of piperazine rings is 1. The molecule has 28 heavy (non-hydrogen) atoms. The second-order valence-corrected chi connectivity index (χ2v) is 8.53. The van der Waals surface area contributed by atoms with Crippen molar-refractivity contribution in [3.05, 3.63) is 41.7 Å². The fourth-order valence-electron chi connectivity index (χ4n) is 3.35. The molecule has 152 valence electrons. The van der Waals surface area contributed by atoms with Gasteiger partial charge in [0, 0.05) is 44.6 Å². The number of methoxy groups -OCH3 is 2. The van der Waals surface area contributed by atoms with E-state index >= 15 is 0 Å². The normalized spacial score (nSPS) is 15.5. The second-order valence-electron chi connectivity index (χ2n) is 6.62. The summed E-state index contributed by atoms with van der Waals surface area (Å²) in [5.74, 6) is 0.224. The average molecular weight is 407 g/mol. The van der Waals surface area contributed by atoms with Crippen molar-refractivity contribution < 1.29 is 22.7 Å². The molecule has 0 radical (unpaired) electrons. The van der Waals surface area contributed by atoms with Crippen LogP contribution in [0.3, 0.4) is 0 Å². The van der Waals surface area contributed by atoms with Crippen molar-refractivity contribution in [3.63, 3.8) is 0 Å². The molecule has 9 heteroatoms. The van der Waals surface area contributed by atoms with Gasteiger partial charge in [0.15, 0.2) is 0 Å². The predicted octanol–water partition coefficient (Wildman–Crippen LogP) is 1.64. The van der Waals surface area contributed by atoms with E-state index in [1.54, 1.807) is 25.6 Å². The fraction of sp³-hybridized carbons (Fsp3) is 0.421. The molecule has 2 aromatic rings. The maximum Gasteiger partial charge on any atom is 0.354 e. The van der Waals surface area contributed by atoms with E-state index in [0.29, 0.717) is 31.9 Å². The molecule has 0 atom stereocenters. The van der Waals surface area contributed by atoms with Crippen LogP contribution >= 0.6 is 0 Å². The Bertz CT molecular complexity index is 958. The van der Waals surface area contributed by atoms with Gasteiger partial charge in [-0.15, -0.1) is 0 Å². The quantitative estimate of drug-likeness (QED) is 0.701. The minimum atomic E-state index is -3.69. The highest BCUT2D eigenvalue weighted by Crippen LogP contribution is 2.26. The van der Waals surface area contributed by atoms with E-state index in [0.717, 1.165) is 11.4 Å². The third kappa shape index (κ3) is 3.59. The summed E-state index contributed by atoms with van der Waals surface area (Å²) in [5.41, 5.74) is 1.76. The number of hydrogen-bond acceptors (Lipinski definition) is 6. The van der Waals surface area contributed by atoms with Crippen molar-refractivity contribution in [1.29, 1.82) is 0 Å². The van der Waals surface area contributed by atoms with Crippen molar-refractivity contribution in [1.82, 2.24) is 8.87 Å². The van der Waals surface area contributed by atoms with Crippen molar-refractivity contribution in [2.45, 2.75) is 11.8 Å². The lowest BCUT2D eigenvalue weighted by Crippen LogP contribution is -2.48. The van der Waals surface area contributed by atoms with Crippen LogP contribution in [-0.4, -0.2) is 63.7 Å². The molecule has 1 aromatic carbocycles. The Balaban J connectivity index is 1.77. The molecule has 3 rings (SSSR count). The molecule has 0 unspecified atom stereocenters. The molecule has 1 saturated heterocycles. The second kappa shape index (κ2) is 7.84. The summed E-state index contributed by atoms with van der Waals surface area (Å²) >= 11 is 0. The highest BCUT2D eigenvalue weighted by Gasteiger charge is 2.32. The number of carbonyl (C=O) groups excluding carboxylic acids is 1. The van der Waals surface area contributed by atoms with E-state index in [4.69, 9.17) is 9.47 Å². The van der Waals surface area contributed by atoms with Gasteiger partial charge < -0.3 is 18.9 Å². The number of carbonyl (C=O) groups is 1. The van der Waals surface area contributed by atoms with E-state index in [1.165, 1.54) is 17.5 Å². The first-order valence-electron chi connectivity index (χ1n) is 8.93. The number of anilines is 1. The first kappa shape index (κ1) is 20.2. The lowest BCUT2D eigenvalue weighted by Gasteiger charge is -2.35. The molecule has 1 aromatic heterocycles. The first-order valence-corrected chi connectivity index (χ1v) is 10.4. The molecule has 0 N–H and O–H groups in total. The predicted molar refractivity (Wildman–Crippen MR) is 105 cm³/mol. The first-order chi connectivity index (χ1) is 13.3. The number of esters is 1. The average Bonchev–Trinajstić information content (AvgIpc) is 3.03. The number of benzene rings is 1. The van der Waals surface area contributed by atoms with E-state index in [-0.39, 0.29) is 10.6 Å². The molecular weight excluding hydrogens is 382 g/mol. The fourth-order valence-corrected chi connectivity index (χ4v) is 5.04. The molecule has 0 saturated carbocycles. The molecule has 1 fully saturated rings. The van der Waals surface area contributed by atoms with Crippen molar-refractivity contribution >= 4 is 21.7 Å². The van der Waals surface area contributed by atoms with Gasteiger partial charge in [-0.05, 0) is 37.3 Å². The van der Waals surface area contributed by atoms with Gasteiger partial charge >= 0.3 is 5.97 Å².